The van der Waals surface area contributed by atoms with Crippen LogP contribution in [0.15, 0.2) is 121 Å². The summed E-state index contributed by atoms with van der Waals surface area (Å²) in [7, 11) is 0. The summed E-state index contributed by atoms with van der Waals surface area (Å²) in [6.07, 6.45) is 4.18. The number of para-hydroxylation sites is 8. The lowest BCUT2D eigenvalue weighted by Gasteiger charge is -2.23. The highest BCUT2D eigenvalue weighted by atomic mass is 16.6. The van der Waals surface area contributed by atoms with Crippen molar-refractivity contribution in [2.45, 2.75) is 52.4 Å². The van der Waals surface area contributed by atoms with Crippen molar-refractivity contribution >= 4 is 0 Å². The fourth-order valence-electron chi connectivity index (χ4n) is 8.35. The van der Waals surface area contributed by atoms with Crippen LogP contribution >= 0.6 is 0 Å². The lowest BCUT2D eigenvalue weighted by Crippen LogP contribution is -2.15. The first-order valence-electron chi connectivity index (χ1n) is 23.5. The van der Waals surface area contributed by atoms with Crippen molar-refractivity contribution in [2.24, 2.45) is 0 Å². The Morgan fingerprint density at radius 3 is 0.909 bits per heavy atom. The van der Waals surface area contributed by atoms with E-state index >= 15 is 0 Å². The average Bonchev–Trinajstić information content (AvgIpc) is 3.33. The average molecular weight is 895 g/mol. The zero-order valence-electron chi connectivity index (χ0n) is 38.4. The van der Waals surface area contributed by atoms with Crippen LogP contribution in [-0.2, 0) is 35.2 Å². The first-order valence-corrected chi connectivity index (χ1v) is 23.5. The quantitative estimate of drug-likeness (QED) is 0.150. The molecule has 0 spiro atoms. The van der Waals surface area contributed by atoms with Crippen molar-refractivity contribution in [2.75, 3.05) is 79.3 Å². The summed E-state index contributed by atoms with van der Waals surface area (Å²) in [5.74, 6) is 6.04. The molecule has 3 aliphatic rings. The van der Waals surface area contributed by atoms with Crippen LogP contribution in [0.25, 0.3) is 0 Å². The molecule has 0 N–H and O–H groups in total. The van der Waals surface area contributed by atoms with E-state index in [1.165, 1.54) is 0 Å². The van der Waals surface area contributed by atoms with Crippen LogP contribution in [0.1, 0.15) is 71.2 Å². The Morgan fingerprint density at radius 1 is 0.318 bits per heavy atom. The van der Waals surface area contributed by atoms with Crippen molar-refractivity contribution in [3.05, 3.63) is 166 Å². The fourth-order valence-corrected chi connectivity index (χ4v) is 8.35. The minimum Gasteiger partial charge on any atom is -0.493 e. The van der Waals surface area contributed by atoms with Gasteiger partial charge in [0.25, 0.3) is 0 Å². The Balaban J connectivity index is 1.19. The predicted octanol–water partition coefficient (Wildman–Crippen LogP) is 10.7. The van der Waals surface area contributed by atoms with E-state index in [-0.39, 0.29) is 0 Å². The van der Waals surface area contributed by atoms with Gasteiger partial charge >= 0.3 is 0 Å². The molecule has 0 unspecified atom stereocenters. The number of hydrogen-bond donors (Lipinski definition) is 0. The number of rotatable bonds is 6. The first kappa shape index (κ1) is 46.2. The third-order valence-electron chi connectivity index (χ3n) is 11.4. The molecule has 6 aromatic rings. The summed E-state index contributed by atoms with van der Waals surface area (Å²) in [6.45, 7) is 9.13. The van der Waals surface area contributed by atoms with Crippen molar-refractivity contribution in [1.29, 1.82) is 0 Å². The predicted molar refractivity (Wildman–Crippen MR) is 256 cm³/mol. The van der Waals surface area contributed by atoms with E-state index in [9.17, 15) is 0 Å². The van der Waals surface area contributed by atoms with Gasteiger partial charge in [0.2, 0.25) is 0 Å². The van der Waals surface area contributed by atoms with Crippen molar-refractivity contribution in [3.63, 3.8) is 0 Å². The van der Waals surface area contributed by atoms with Gasteiger partial charge in [0.1, 0.15) is 62.6 Å². The van der Waals surface area contributed by atoms with E-state index in [0.717, 1.165) is 80.3 Å². The second kappa shape index (κ2) is 24.2. The van der Waals surface area contributed by atoms with Gasteiger partial charge in [0.05, 0.1) is 39.6 Å². The van der Waals surface area contributed by atoms with Crippen LogP contribution in [0.5, 0.6) is 46.0 Å². The third kappa shape index (κ3) is 12.3. The molecule has 9 rings (SSSR count). The highest BCUT2D eigenvalue weighted by Crippen LogP contribution is 2.39. The lowest BCUT2D eigenvalue weighted by atomic mass is 9.91. The summed E-state index contributed by atoms with van der Waals surface area (Å²) < 4.78 is 63.5. The Labute approximate surface area is 389 Å². The molecule has 346 valence electrons. The summed E-state index contributed by atoms with van der Waals surface area (Å²) >= 11 is 0. The molecule has 0 atom stereocenters. The van der Waals surface area contributed by atoms with E-state index in [1.807, 2.05) is 48.5 Å². The maximum atomic E-state index is 6.83. The van der Waals surface area contributed by atoms with Crippen LogP contribution in [-0.4, -0.2) is 79.3 Å². The van der Waals surface area contributed by atoms with Crippen LogP contribution in [0.3, 0.4) is 0 Å². The van der Waals surface area contributed by atoms with Crippen LogP contribution < -0.4 is 37.9 Å². The van der Waals surface area contributed by atoms with E-state index in [1.54, 1.807) is 0 Å². The molecule has 2 heterocycles. The number of ether oxygens (including phenoxy) is 10. The number of fused-ring (bicyclic) bond motifs is 15. The molecule has 10 heteroatoms. The molecule has 10 bridgehead atoms. The second-order valence-corrected chi connectivity index (χ2v) is 16.2. The molecule has 0 saturated heterocycles. The maximum Gasteiger partial charge on any atom is 0.161 e. The minimum atomic E-state index is 0.312. The van der Waals surface area contributed by atoms with Crippen LogP contribution in [0, 0.1) is 0 Å². The summed E-state index contributed by atoms with van der Waals surface area (Å²) in [5.41, 5.74) is 8.60. The molecule has 1 aliphatic carbocycles. The molecule has 0 fully saturated rings. The molecule has 2 aliphatic heterocycles. The van der Waals surface area contributed by atoms with Crippen LogP contribution in [0.2, 0.25) is 0 Å². The molecule has 66 heavy (non-hydrogen) atoms. The van der Waals surface area contributed by atoms with Gasteiger partial charge in [-0.25, -0.2) is 0 Å². The number of benzene rings is 6. The molecule has 0 amide bonds. The largest absolute Gasteiger partial charge is 0.493 e. The second-order valence-electron chi connectivity index (χ2n) is 16.2. The monoisotopic (exact) mass is 894 g/mol. The first-order chi connectivity index (χ1) is 32.7. The van der Waals surface area contributed by atoms with E-state index < -0.39 is 0 Å². The SMILES string of the molecule is CCCOc1c2cccc1Cc1cccc3c1OCCOc1ccccc1OCCOCCOCCOc1ccccc1OCCOc1c(cccc1Cc1cccc(c1OCCC)C3)C2. The fraction of sp³-hybridized carbons (Fsp3) is 0.357. The normalized spacial score (nSPS) is 15.1. The molecule has 0 aromatic heterocycles. The standard InChI is InChI=1S/C56H62O10/c1-3-25-63-53-41-13-9-14-42(53)38-46-18-12-20-48-40-44-16-10-15-43(54(44)64-26-4-2)39-47-19-11-17-45(37-41)55(47)65-35-33-61-51-23-7-5-21-49(51)59-31-29-57-27-28-58-30-32-60-50-22-6-8-24-52(50)62-34-36-66-56(46)48/h5-24H,3-4,25-40H2,1-2H3. The molecule has 0 radical (unpaired) electrons. The van der Waals surface area contributed by atoms with Gasteiger partial charge in [-0.3, -0.25) is 0 Å². The van der Waals surface area contributed by atoms with E-state index in [0.29, 0.717) is 128 Å². The Kier molecular flexibility index (Phi) is 17.0. The van der Waals surface area contributed by atoms with Crippen molar-refractivity contribution < 1.29 is 47.4 Å². The molecular formula is C56H62O10. The molecular weight excluding hydrogens is 833 g/mol. The number of hydrogen-bond acceptors (Lipinski definition) is 10. The molecule has 0 saturated carbocycles. The van der Waals surface area contributed by atoms with Gasteiger partial charge in [-0.2, -0.15) is 0 Å². The Hall–Kier alpha value is -6.36. The summed E-state index contributed by atoms with van der Waals surface area (Å²) in [6, 6.07) is 41.2. The lowest BCUT2D eigenvalue weighted by molar-refractivity contribution is 0.0267. The van der Waals surface area contributed by atoms with Gasteiger partial charge in [0, 0.05) is 25.7 Å². The highest BCUT2D eigenvalue weighted by molar-refractivity contribution is 5.56. The topological polar surface area (TPSA) is 92.3 Å². The zero-order chi connectivity index (χ0) is 45.2. The van der Waals surface area contributed by atoms with Crippen molar-refractivity contribution in [1.82, 2.24) is 0 Å². The van der Waals surface area contributed by atoms with Crippen LogP contribution in [0.4, 0.5) is 0 Å². The van der Waals surface area contributed by atoms with Gasteiger partial charge in [-0.05, 0) is 81.6 Å². The zero-order valence-corrected chi connectivity index (χ0v) is 38.4. The summed E-state index contributed by atoms with van der Waals surface area (Å²) in [4.78, 5) is 0. The van der Waals surface area contributed by atoms with Crippen molar-refractivity contribution in [3.8, 4) is 46.0 Å². The van der Waals surface area contributed by atoms with E-state index in [2.05, 4.69) is 86.6 Å². The Bertz CT molecular complexity index is 2210. The summed E-state index contributed by atoms with van der Waals surface area (Å²) in [5, 5.41) is 0. The smallest absolute Gasteiger partial charge is 0.161 e. The van der Waals surface area contributed by atoms with Gasteiger partial charge in [-0.15, -0.1) is 0 Å². The minimum absolute atomic E-state index is 0.312. The third-order valence-corrected chi connectivity index (χ3v) is 11.4. The van der Waals surface area contributed by atoms with Gasteiger partial charge < -0.3 is 47.4 Å². The van der Waals surface area contributed by atoms with E-state index in [4.69, 9.17) is 47.4 Å². The molecule has 10 nitrogen and oxygen atoms in total. The van der Waals surface area contributed by atoms with Gasteiger partial charge in [0.15, 0.2) is 23.0 Å². The molecule has 6 aromatic carbocycles. The van der Waals surface area contributed by atoms with Gasteiger partial charge in [-0.1, -0.05) is 111 Å². The highest BCUT2D eigenvalue weighted by Gasteiger charge is 2.22. The maximum absolute atomic E-state index is 6.83. The Morgan fingerprint density at radius 2 is 0.591 bits per heavy atom.